The van der Waals surface area contributed by atoms with E-state index in [2.05, 4.69) is 32.6 Å². The van der Waals surface area contributed by atoms with Gasteiger partial charge >= 0.3 is 0 Å². The third kappa shape index (κ3) is 3.36. The zero-order valence-corrected chi connectivity index (χ0v) is 14.9. The first-order chi connectivity index (χ1) is 12.7. The lowest BCUT2D eigenvalue weighted by Crippen LogP contribution is -2.08. The third-order valence-corrected chi connectivity index (χ3v) is 4.51. The number of benzene rings is 2. The van der Waals surface area contributed by atoms with Crippen LogP contribution in [0.2, 0.25) is 5.15 Å². The highest BCUT2D eigenvalue weighted by Gasteiger charge is 2.12. The predicted molar refractivity (Wildman–Crippen MR) is 99.5 cm³/mol. The first-order valence-electron chi connectivity index (χ1n) is 8.15. The van der Waals surface area contributed by atoms with Crippen LogP contribution in [0.4, 0.5) is 0 Å². The molecule has 26 heavy (non-hydrogen) atoms. The number of nitrogens with zero attached hydrogens (tertiary/aromatic N) is 5. The van der Waals surface area contributed by atoms with E-state index in [9.17, 15) is 0 Å². The van der Waals surface area contributed by atoms with Gasteiger partial charge in [-0.25, -0.2) is 9.67 Å². The SMILES string of the molecule is COc1ccc2nc(Cl)c(Cn3nnnc3Cc3ccccc3)cc2c1. The van der Waals surface area contributed by atoms with Crippen LogP contribution in [0.1, 0.15) is 17.0 Å². The van der Waals surface area contributed by atoms with Crippen molar-refractivity contribution in [3.8, 4) is 5.75 Å². The quantitative estimate of drug-likeness (QED) is 0.506. The Morgan fingerprint density at radius 3 is 2.73 bits per heavy atom. The number of fused-ring (bicyclic) bond motifs is 1. The van der Waals surface area contributed by atoms with E-state index < -0.39 is 0 Å². The number of hydrogen-bond acceptors (Lipinski definition) is 5. The molecule has 0 aliphatic heterocycles. The highest BCUT2D eigenvalue weighted by molar-refractivity contribution is 6.30. The number of ether oxygens (including phenoxy) is 1. The second kappa shape index (κ2) is 7.09. The number of halogens is 1. The van der Waals surface area contributed by atoms with Gasteiger partial charge in [0.25, 0.3) is 0 Å². The van der Waals surface area contributed by atoms with Crippen molar-refractivity contribution < 1.29 is 4.74 Å². The number of hydrogen-bond donors (Lipinski definition) is 0. The van der Waals surface area contributed by atoms with Crippen molar-refractivity contribution in [1.82, 2.24) is 25.2 Å². The van der Waals surface area contributed by atoms with Gasteiger partial charge < -0.3 is 4.74 Å². The Morgan fingerprint density at radius 1 is 1.08 bits per heavy atom. The largest absolute Gasteiger partial charge is 0.497 e. The van der Waals surface area contributed by atoms with Gasteiger partial charge in [0, 0.05) is 17.4 Å². The number of tetrazole rings is 1. The van der Waals surface area contributed by atoms with E-state index >= 15 is 0 Å². The molecule has 0 radical (unpaired) electrons. The summed E-state index contributed by atoms with van der Waals surface area (Å²) in [7, 11) is 1.64. The Bertz CT molecular complexity index is 1050. The van der Waals surface area contributed by atoms with Crippen molar-refractivity contribution in [1.29, 1.82) is 0 Å². The van der Waals surface area contributed by atoms with Crippen LogP contribution in [0.3, 0.4) is 0 Å². The van der Waals surface area contributed by atoms with Gasteiger partial charge in [-0.15, -0.1) is 5.10 Å². The molecule has 7 heteroatoms. The first kappa shape index (κ1) is 16.5. The number of methoxy groups -OCH3 is 1. The van der Waals surface area contributed by atoms with Crippen LogP contribution in [0.5, 0.6) is 5.75 Å². The fourth-order valence-corrected chi connectivity index (χ4v) is 3.03. The molecule has 0 unspecified atom stereocenters. The summed E-state index contributed by atoms with van der Waals surface area (Å²) in [6.45, 7) is 0.453. The lowest BCUT2D eigenvalue weighted by Gasteiger charge is -2.09. The normalized spacial score (nSPS) is 11.0. The summed E-state index contributed by atoms with van der Waals surface area (Å²) >= 11 is 6.38. The molecule has 0 spiro atoms. The Morgan fingerprint density at radius 2 is 1.92 bits per heavy atom. The lowest BCUT2D eigenvalue weighted by atomic mass is 10.1. The van der Waals surface area contributed by atoms with Crippen molar-refractivity contribution in [3.63, 3.8) is 0 Å². The molecular weight excluding hydrogens is 350 g/mol. The molecule has 0 N–H and O–H groups in total. The standard InChI is InChI=1S/C19H16ClN5O/c1-26-16-7-8-17-14(11-16)10-15(19(20)21-17)12-25-18(22-23-24-25)9-13-5-3-2-4-6-13/h2-8,10-11H,9,12H2,1H3. The Labute approximate surface area is 155 Å². The van der Waals surface area contributed by atoms with Gasteiger partial charge in [0.2, 0.25) is 0 Å². The van der Waals surface area contributed by atoms with Crippen LogP contribution < -0.4 is 4.74 Å². The summed E-state index contributed by atoms with van der Waals surface area (Å²) in [6, 6.07) is 17.8. The summed E-state index contributed by atoms with van der Waals surface area (Å²) in [6.07, 6.45) is 0.653. The average molecular weight is 366 g/mol. The second-order valence-electron chi connectivity index (χ2n) is 5.91. The van der Waals surface area contributed by atoms with Crippen LogP contribution in [0.15, 0.2) is 54.6 Å². The maximum Gasteiger partial charge on any atom is 0.156 e. The maximum atomic E-state index is 6.38. The summed E-state index contributed by atoms with van der Waals surface area (Å²) in [4.78, 5) is 4.47. The molecule has 0 saturated heterocycles. The van der Waals surface area contributed by atoms with Gasteiger partial charge in [-0.3, -0.25) is 0 Å². The van der Waals surface area contributed by atoms with Gasteiger partial charge in [-0.05, 0) is 40.3 Å². The van der Waals surface area contributed by atoms with E-state index in [0.717, 1.165) is 33.6 Å². The van der Waals surface area contributed by atoms with Gasteiger partial charge in [-0.2, -0.15) is 0 Å². The zero-order chi connectivity index (χ0) is 17.9. The van der Waals surface area contributed by atoms with E-state index in [-0.39, 0.29) is 0 Å². The minimum atomic E-state index is 0.448. The Kier molecular flexibility index (Phi) is 4.50. The Hall–Kier alpha value is -2.99. The molecule has 4 rings (SSSR count). The highest BCUT2D eigenvalue weighted by Crippen LogP contribution is 2.25. The van der Waals surface area contributed by atoms with Crippen molar-refractivity contribution in [2.45, 2.75) is 13.0 Å². The minimum Gasteiger partial charge on any atom is -0.497 e. The molecule has 6 nitrogen and oxygen atoms in total. The monoisotopic (exact) mass is 365 g/mol. The molecule has 0 saturated carbocycles. The molecule has 0 aliphatic carbocycles. The van der Waals surface area contributed by atoms with E-state index in [0.29, 0.717) is 18.1 Å². The number of aromatic nitrogens is 5. The van der Waals surface area contributed by atoms with Crippen LogP contribution in [0.25, 0.3) is 10.9 Å². The molecule has 0 atom stereocenters. The zero-order valence-electron chi connectivity index (χ0n) is 14.1. The molecule has 4 aromatic rings. The number of rotatable bonds is 5. The van der Waals surface area contributed by atoms with E-state index in [1.165, 1.54) is 0 Å². The molecule has 0 fully saturated rings. The van der Waals surface area contributed by atoms with Crippen LogP contribution in [0, 0.1) is 0 Å². The van der Waals surface area contributed by atoms with Gasteiger partial charge in [0.15, 0.2) is 5.82 Å². The topological polar surface area (TPSA) is 65.7 Å². The fourth-order valence-electron chi connectivity index (χ4n) is 2.83. The van der Waals surface area contributed by atoms with Crippen molar-refractivity contribution in [2.75, 3.05) is 7.11 Å². The highest BCUT2D eigenvalue weighted by atomic mass is 35.5. The maximum absolute atomic E-state index is 6.38. The molecule has 0 aliphatic rings. The second-order valence-corrected chi connectivity index (χ2v) is 6.27. The van der Waals surface area contributed by atoms with E-state index in [4.69, 9.17) is 16.3 Å². The molecule has 130 valence electrons. The van der Waals surface area contributed by atoms with Crippen LogP contribution in [-0.2, 0) is 13.0 Å². The van der Waals surface area contributed by atoms with Gasteiger partial charge in [-0.1, -0.05) is 41.9 Å². The van der Waals surface area contributed by atoms with Crippen molar-refractivity contribution in [3.05, 3.63) is 76.7 Å². The smallest absolute Gasteiger partial charge is 0.156 e. The summed E-state index contributed by atoms with van der Waals surface area (Å²) in [5.41, 5.74) is 2.82. The molecule has 2 aromatic carbocycles. The number of pyridine rings is 1. The third-order valence-electron chi connectivity index (χ3n) is 4.18. The van der Waals surface area contributed by atoms with E-state index in [1.807, 2.05) is 42.5 Å². The van der Waals surface area contributed by atoms with Crippen LogP contribution in [-0.4, -0.2) is 32.3 Å². The van der Waals surface area contributed by atoms with E-state index in [1.54, 1.807) is 11.8 Å². The Balaban J connectivity index is 1.65. The van der Waals surface area contributed by atoms with Crippen molar-refractivity contribution in [2.24, 2.45) is 0 Å². The fraction of sp³-hybridized carbons (Fsp3) is 0.158. The first-order valence-corrected chi connectivity index (χ1v) is 8.53. The summed E-state index contributed by atoms with van der Waals surface area (Å²) < 4.78 is 7.04. The predicted octanol–water partition coefficient (Wildman–Crippen LogP) is 3.52. The lowest BCUT2D eigenvalue weighted by molar-refractivity contribution is 0.415. The minimum absolute atomic E-state index is 0.448. The molecule has 2 heterocycles. The van der Waals surface area contributed by atoms with Gasteiger partial charge in [0.1, 0.15) is 10.9 Å². The molecular formula is C19H16ClN5O. The van der Waals surface area contributed by atoms with Crippen molar-refractivity contribution >= 4 is 22.5 Å². The summed E-state index contributed by atoms with van der Waals surface area (Å²) in [5, 5.41) is 13.5. The average Bonchev–Trinajstić information content (AvgIpc) is 3.09. The summed E-state index contributed by atoms with van der Waals surface area (Å²) in [5.74, 6) is 1.55. The van der Waals surface area contributed by atoms with Crippen LogP contribution >= 0.6 is 11.6 Å². The molecule has 2 aromatic heterocycles. The molecule has 0 amide bonds. The van der Waals surface area contributed by atoms with Gasteiger partial charge in [0.05, 0.1) is 19.2 Å². The molecule has 0 bridgehead atoms.